The highest BCUT2D eigenvalue weighted by atomic mass is 19.2. The first-order valence-electron chi connectivity index (χ1n) is 9.51. The van der Waals surface area contributed by atoms with Crippen LogP contribution in [0.3, 0.4) is 0 Å². The number of nitrogens with one attached hydrogen (secondary N) is 2. The van der Waals surface area contributed by atoms with Crippen LogP contribution in [-0.4, -0.2) is 36.2 Å². The molecule has 1 saturated heterocycles. The van der Waals surface area contributed by atoms with Gasteiger partial charge in [-0.05, 0) is 31.2 Å². The van der Waals surface area contributed by atoms with E-state index in [1.807, 2.05) is 0 Å². The van der Waals surface area contributed by atoms with Crippen LogP contribution in [0.25, 0.3) is 0 Å². The van der Waals surface area contributed by atoms with E-state index in [1.54, 1.807) is 6.07 Å². The standard InChI is InChI=1S/C21H20F3N3O3/c22-13-4-1-3-12(19(13)24)10-27-11-18(30-20-14(23)5-2-6-16(20)27)21(29)26-15-7-8-25-9-17(15)28/h1-6,11,15,17,25,28H,7-10H2,(H,26,29). The molecule has 2 aromatic rings. The molecule has 2 atom stereocenters. The molecule has 0 bridgehead atoms. The van der Waals surface area contributed by atoms with Crippen LogP contribution in [0.5, 0.6) is 5.75 Å². The first kappa shape index (κ1) is 20.2. The third-order valence-corrected chi connectivity index (χ3v) is 5.10. The van der Waals surface area contributed by atoms with E-state index in [2.05, 4.69) is 10.6 Å². The highest BCUT2D eigenvalue weighted by Crippen LogP contribution is 2.37. The molecule has 6 nitrogen and oxygen atoms in total. The van der Waals surface area contributed by atoms with E-state index in [0.717, 1.165) is 6.07 Å². The van der Waals surface area contributed by atoms with Crippen molar-refractivity contribution in [3.05, 3.63) is 71.4 Å². The van der Waals surface area contributed by atoms with Crippen LogP contribution in [0.4, 0.5) is 18.9 Å². The number of carbonyl (C=O) groups excluding carboxylic acids is 1. The van der Waals surface area contributed by atoms with Gasteiger partial charge in [0, 0.05) is 12.1 Å². The molecule has 9 heteroatoms. The zero-order chi connectivity index (χ0) is 21.3. The zero-order valence-electron chi connectivity index (χ0n) is 15.9. The van der Waals surface area contributed by atoms with E-state index >= 15 is 0 Å². The minimum absolute atomic E-state index is 0.0388. The number of aliphatic hydroxyl groups is 1. The fraction of sp³-hybridized carbons (Fsp3) is 0.286. The Hall–Kier alpha value is -3.04. The maximum atomic E-state index is 14.4. The summed E-state index contributed by atoms with van der Waals surface area (Å²) in [5, 5.41) is 15.7. The molecule has 2 aliphatic heterocycles. The summed E-state index contributed by atoms with van der Waals surface area (Å²) in [6.45, 7) is 0.827. The quantitative estimate of drug-likeness (QED) is 0.709. The minimum Gasteiger partial charge on any atom is -0.445 e. The Morgan fingerprint density at radius 1 is 1.20 bits per heavy atom. The van der Waals surface area contributed by atoms with Gasteiger partial charge >= 0.3 is 0 Å². The number of hydrogen-bond acceptors (Lipinski definition) is 5. The lowest BCUT2D eigenvalue weighted by Crippen LogP contribution is -2.53. The number of amides is 1. The zero-order valence-corrected chi connectivity index (χ0v) is 15.9. The van der Waals surface area contributed by atoms with Gasteiger partial charge in [0.2, 0.25) is 5.76 Å². The number of hydrogen-bond donors (Lipinski definition) is 3. The van der Waals surface area contributed by atoms with Gasteiger partial charge in [0.05, 0.1) is 30.6 Å². The predicted molar refractivity (Wildman–Crippen MR) is 103 cm³/mol. The van der Waals surface area contributed by atoms with Crippen LogP contribution < -0.4 is 20.3 Å². The minimum atomic E-state index is -1.01. The number of para-hydroxylation sites is 1. The largest absolute Gasteiger partial charge is 0.445 e. The first-order valence-corrected chi connectivity index (χ1v) is 9.51. The van der Waals surface area contributed by atoms with Gasteiger partial charge < -0.3 is 25.4 Å². The van der Waals surface area contributed by atoms with Gasteiger partial charge in [0.25, 0.3) is 5.91 Å². The van der Waals surface area contributed by atoms with Crippen LogP contribution in [0.1, 0.15) is 12.0 Å². The summed E-state index contributed by atoms with van der Waals surface area (Å²) >= 11 is 0. The van der Waals surface area contributed by atoms with Crippen molar-refractivity contribution in [1.82, 2.24) is 10.6 Å². The van der Waals surface area contributed by atoms with E-state index in [0.29, 0.717) is 19.5 Å². The molecule has 2 unspecified atom stereocenters. The Balaban J connectivity index is 1.63. The summed E-state index contributed by atoms with van der Waals surface area (Å²) in [6.07, 6.45) is 1.06. The summed E-state index contributed by atoms with van der Waals surface area (Å²) < 4.78 is 47.7. The summed E-state index contributed by atoms with van der Waals surface area (Å²) in [7, 11) is 0. The SMILES string of the molecule is O=C(NC1CCNCC1O)C1=CN(Cc2cccc(F)c2F)c2cccc(F)c2O1. The molecule has 4 rings (SSSR count). The number of ether oxygens (including phenoxy) is 1. The predicted octanol–water partition coefficient (Wildman–Crippen LogP) is 2.18. The van der Waals surface area contributed by atoms with Crippen molar-refractivity contribution in [3.63, 3.8) is 0 Å². The fourth-order valence-electron chi connectivity index (χ4n) is 3.51. The molecule has 2 aromatic carbocycles. The second-order valence-electron chi connectivity index (χ2n) is 7.16. The first-order chi connectivity index (χ1) is 14.4. The maximum Gasteiger partial charge on any atom is 0.288 e. The lowest BCUT2D eigenvalue weighted by molar-refractivity contribution is -0.121. The Bertz CT molecular complexity index is 999. The number of rotatable bonds is 4. The van der Waals surface area contributed by atoms with Crippen LogP contribution >= 0.6 is 0 Å². The molecule has 2 aliphatic rings. The van der Waals surface area contributed by atoms with Gasteiger partial charge in [-0.15, -0.1) is 0 Å². The van der Waals surface area contributed by atoms with Crippen LogP contribution in [-0.2, 0) is 11.3 Å². The molecular formula is C21H20F3N3O3. The van der Waals surface area contributed by atoms with Crippen molar-refractivity contribution in [3.8, 4) is 5.75 Å². The third-order valence-electron chi connectivity index (χ3n) is 5.10. The maximum absolute atomic E-state index is 14.4. The molecular weight excluding hydrogens is 399 g/mol. The van der Waals surface area contributed by atoms with Gasteiger partial charge in [-0.2, -0.15) is 0 Å². The smallest absolute Gasteiger partial charge is 0.288 e. The van der Waals surface area contributed by atoms with Crippen molar-refractivity contribution in [2.45, 2.75) is 25.1 Å². The Kier molecular flexibility index (Phi) is 5.65. The second kappa shape index (κ2) is 8.37. The van der Waals surface area contributed by atoms with Crippen molar-refractivity contribution in [2.75, 3.05) is 18.0 Å². The summed E-state index contributed by atoms with van der Waals surface area (Å²) in [6, 6.07) is 7.48. The van der Waals surface area contributed by atoms with E-state index < -0.39 is 35.5 Å². The normalized spacial score (nSPS) is 20.8. The molecule has 1 fully saturated rings. The molecule has 0 saturated carbocycles. The summed E-state index contributed by atoms with van der Waals surface area (Å²) in [4.78, 5) is 14.2. The van der Waals surface area contributed by atoms with Gasteiger partial charge in [-0.25, -0.2) is 13.2 Å². The Labute approximate surface area is 170 Å². The topological polar surface area (TPSA) is 73.8 Å². The van der Waals surface area contributed by atoms with Crippen molar-refractivity contribution in [2.24, 2.45) is 0 Å². The fourth-order valence-corrected chi connectivity index (χ4v) is 3.51. The van der Waals surface area contributed by atoms with Gasteiger partial charge in [0.15, 0.2) is 23.2 Å². The molecule has 30 heavy (non-hydrogen) atoms. The number of carbonyl (C=O) groups is 1. The Morgan fingerprint density at radius 3 is 2.77 bits per heavy atom. The number of fused-ring (bicyclic) bond motifs is 1. The molecule has 0 aliphatic carbocycles. The number of β-amino-alcohol motifs (C(OH)–C–C–N with tert-alkyl or cyclic N) is 1. The molecule has 0 spiro atoms. The number of anilines is 1. The van der Waals surface area contributed by atoms with Crippen molar-refractivity contribution >= 4 is 11.6 Å². The lowest BCUT2D eigenvalue weighted by atomic mass is 10.0. The molecule has 2 heterocycles. The van der Waals surface area contributed by atoms with Gasteiger partial charge in [-0.3, -0.25) is 4.79 Å². The van der Waals surface area contributed by atoms with Crippen molar-refractivity contribution in [1.29, 1.82) is 0 Å². The number of benzene rings is 2. The number of piperidine rings is 1. The highest BCUT2D eigenvalue weighted by molar-refractivity contribution is 5.93. The molecule has 3 N–H and O–H groups in total. The van der Waals surface area contributed by atoms with Crippen LogP contribution in [0, 0.1) is 17.5 Å². The van der Waals surface area contributed by atoms with Gasteiger partial charge in [-0.1, -0.05) is 18.2 Å². The summed E-state index contributed by atoms with van der Waals surface area (Å²) in [5.41, 5.74) is 0.314. The number of aliphatic hydroxyl groups excluding tert-OH is 1. The average Bonchev–Trinajstić information content (AvgIpc) is 2.73. The molecule has 158 valence electrons. The van der Waals surface area contributed by atoms with Crippen LogP contribution in [0.15, 0.2) is 48.4 Å². The average molecular weight is 419 g/mol. The highest BCUT2D eigenvalue weighted by Gasteiger charge is 2.30. The number of nitrogens with zero attached hydrogens (tertiary/aromatic N) is 1. The third kappa shape index (κ3) is 3.99. The molecule has 1 amide bonds. The van der Waals surface area contributed by atoms with E-state index in [4.69, 9.17) is 4.74 Å². The second-order valence-corrected chi connectivity index (χ2v) is 7.16. The van der Waals surface area contributed by atoms with Crippen molar-refractivity contribution < 1.29 is 27.8 Å². The van der Waals surface area contributed by atoms with E-state index in [1.165, 1.54) is 35.4 Å². The van der Waals surface area contributed by atoms with Crippen LogP contribution in [0.2, 0.25) is 0 Å². The number of halogens is 3. The Morgan fingerprint density at radius 2 is 1.97 bits per heavy atom. The van der Waals surface area contributed by atoms with Gasteiger partial charge in [0.1, 0.15) is 0 Å². The lowest BCUT2D eigenvalue weighted by Gasteiger charge is -2.31. The summed E-state index contributed by atoms with van der Waals surface area (Å²) in [5.74, 6) is -3.75. The van der Waals surface area contributed by atoms with E-state index in [9.17, 15) is 23.1 Å². The monoisotopic (exact) mass is 419 g/mol. The molecule has 0 radical (unpaired) electrons. The van der Waals surface area contributed by atoms with E-state index in [-0.39, 0.29) is 29.3 Å². The molecule has 0 aromatic heterocycles.